The van der Waals surface area contributed by atoms with E-state index in [1.807, 2.05) is 5.38 Å². The summed E-state index contributed by atoms with van der Waals surface area (Å²) in [5.41, 5.74) is 0.0511. The van der Waals surface area contributed by atoms with Crippen LogP contribution in [0.4, 0.5) is 13.9 Å². The maximum Gasteiger partial charge on any atom is 0.254 e. The van der Waals surface area contributed by atoms with E-state index in [9.17, 15) is 13.6 Å². The lowest BCUT2D eigenvalue weighted by atomic mass is 10.1. The normalized spacial score (nSPS) is 15.3. The van der Waals surface area contributed by atoms with E-state index in [0.717, 1.165) is 23.3 Å². The molecule has 7 heteroatoms. The van der Waals surface area contributed by atoms with Gasteiger partial charge in [-0.25, -0.2) is 13.8 Å². The topological polar surface area (TPSA) is 36.4 Å². The molecular formula is C14H13F2N3OS. The number of benzene rings is 1. The molecule has 0 radical (unpaired) electrons. The highest BCUT2D eigenvalue weighted by Crippen LogP contribution is 2.20. The van der Waals surface area contributed by atoms with Crippen LogP contribution in [-0.4, -0.2) is 42.0 Å². The van der Waals surface area contributed by atoms with Crippen LogP contribution in [0.1, 0.15) is 10.4 Å². The van der Waals surface area contributed by atoms with E-state index in [4.69, 9.17) is 0 Å². The van der Waals surface area contributed by atoms with Crippen molar-refractivity contribution in [3.8, 4) is 0 Å². The van der Waals surface area contributed by atoms with Gasteiger partial charge in [0.05, 0.1) is 0 Å². The summed E-state index contributed by atoms with van der Waals surface area (Å²) < 4.78 is 26.4. The number of piperazine rings is 1. The molecule has 0 bridgehead atoms. The number of aromatic nitrogens is 1. The Hall–Kier alpha value is -2.02. The average Bonchev–Trinajstić information content (AvgIpc) is 3.00. The number of halogens is 2. The summed E-state index contributed by atoms with van der Waals surface area (Å²) in [6.45, 7) is 2.35. The molecule has 1 fully saturated rings. The van der Waals surface area contributed by atoms with Crippen molar-refractivity contribution in [2.24, 2.45) is 0 Å². The van der Waals surface area contributed by atoms with Gasteiger partial charge in [0.2, 0.25) is 0 Å². The molecule has 1 amide bonds. The lowest BCUT2D eigenvalue weighted by molar-refractivity contribution is 0.0745. The first-order chi connectivity index (χ1) is 10.1. The van der Waals surface area contributed by atoms with E-state index >= 15 is 0 Å². The van der Waals surface area contributed by atoms with Gasteiger partial charge in [-0.1, -0.05) is 0 Å². The van der Waals surface area contributed by atoms with Crippen molar-refractivity contribution in [2.45, 2.75) is 0 Å². The quantitative estimate of drug-likeness (QED) is 0.854. The Morgan fingerprint density at radius 3 is 2.33 bits per heavy atom. The number of carbonyl (C=O) groups excluding carboxylic acids is 1. The molecule has 2 aromatic rings. The number of thiazole rings is 1. The monoisotopic (exact) mass is 309 g/mol. The van der Waals surface area contributed by atoms with Crippen LogP contribution in [0, 0.1) is 11.6 Å². The van der Waals surface area contributed by atoms with Crippen molar-refractivity contribution in [1.82, 2.24) is 9.88 Å². The first kappa shape index (κ1) is 13.9. The fourth-order valence-corrected chi connectivity index (χ4v) is 3.03. The highest BCUT2D eigenvalue weighted by molar-refractivity contribution is 7.13. The Morgan fingerprint density at radius 2 is 1.76 bits per heavy atom. The first-order valence-electron chi connectivity index (χ1n) is 6.53. The summed E-state index contributed by atoms with van der Waals surface area (Å²) in [5.74, 6) is -1.81. The molecule has 2 heterocycles. The molecule has 0 unspecified atom stereocenters. The van der Waals surface area contributed by atoms with Crippen molar-refractivity contribution in [1.29, 1.82) is 0 Å². The number of amides is 1. The Bertz CT molecular complexity index is 619. The molecule has 1 aromatic heterocycles. The van der Waals surface area contributed by atoms with Crippen LogP contribution in [-0.2, 0) is 0 Å². The van der Waals surface area contributed by atoms with Crippen LogP contribution in [0.25, 0.3) is 0 Å². The van der Waals surface area contributed by atoms with E-state index in [0.29, 0.717) is 26.2 Å². The zero-order valence-electron chi connectivity index (χ0n) is 11.1. The number of rotatable bonds is 2. The van der Waals surface area contributed by atoms with Crippen molar-refractivity contribution >= 4 is 22.4 Å². The molecular weight excluding hydrogens is 296 g/mol. The zero-order chi connectivity index (χ0) is 14.8. The van der Waals surface area contributed by atoms with Crippen LogP contribution in [0.3, 0.4) is 0 Å². The maximum atomic E-state index is 13.2. The van der Waals surface area contributed by atoms with Gasteiger partial charge in [-0.15, -0.1) is 11.3 Å². The van der Waals surface area contributed by atoms with Gasteiger partial charge in [0.15, 0.2) is 5.13 Å². The Labute approximate surface area is 124 Å². The third-order valence-electron chi connectivity index (χ3n) is 3.37. The average molecular weight is 309 g/mol. The van der Waals surface area contributed by atoms with Crippen LogP contribution in [0.2, 0.25) is 0 Å². The molecule has 1 aromatic carbocycles. The summed E-state index contributed by atoms with van der Waals surface area (Å²) in [7, 11) is 0. The van der Waals surface area contributed by atoms with Crippen LogP contribution < -0.4 is 4.90 Å². The first-order valence-corrected chi connectivity index (χ1v) is 7.41. The summed E-state index contributed by atoms with van der Waals surface area (Å²) in [5, 5.41) is 2.83. The van der Waals surface area contributed by atoms with Gasteiger partial charge in [0.1, 0.15) is 11.6 Å². The fourth-order valence-electron chi connectivity index (χ4n) is 2.33. The number of anilines is 1. The molecule has 4 nitrogen and oxygen atoms in total. The van der Waals surface area contributed by atoms with Crippen molar-refractivity contribution < 1.29 is 13.6 Å². The molecule has 0 atom stereocenters. The molecule has 3 rings (SSSR count). The zero-order valence-corrected chi connectivity index (χ0v) is 11.9. The van der Waals surface area contributed by atoms with Gasteiger partial charge < -0.3 is 9.80 Å². The number of nitrogens with zero attached hydrogens (tertiary/aromatic N) is 3. The molecule has 1 aliphatic heterocycles. The Kier molecular flexibility index (Phi) is 3.83. The van der Waals surface area contributed by atoms with Crippen molar-refractivity contribution in [3.05, 3.63) is 47.0 Å². The smallest absolute Gasteiger partial charge is 0.254 e. The number of carbonyl (C=O) groups is 1. The highest BCUT2D eigenvalue weighted by Gasteiger charge is 2.23. The molecule has 21 heavy (non-hydrogen) atoms. The van der Waals surface area contributed by atoms with Gasteiger partial charge >= 0.3 is 0 Å². The van der Waals surface area contributed by atoms with E-state index in [1.165, 1.54) is 0 Å². The predicted octanol–water partition coefficient (Wildman–Crippen LogP) is 2.38. The minimum Gasteiger partial charge on any atom is -0.345 e. The predicted molar refractivity (Wildman–Crippen MR) is 76.6 cm³/mol. The molecule has 1 saturated heterocycles. The third kappa shape index (κ3) is 3.02. The fraction of sp³-hybridized carbons (Fsp3) is 0.286. The van der Waals surface area contributed by atoms with E-state index in [2.05, 4.69) is 9.88 Å². The van der Waals surface area contributed by atoms with Gasteiger partial charge in [-0.05, 0) is 12.1 Å². The maximum absolute atomic E-state index is 13.2. The van der Waals surface area contributed by atoms with Gasteiger partial charge in [-0.3, -0.25) is 4.79 Å². The Morgan fingerprint density at radius 1 is 1.10 bits per heavy atom. The third-order valence-corrected chi connectivity index (χ3v) is 4.20. The number of hydrogen-bond acceptors (Lipinski definition) is 4. The standard InChI is InChI=1S/C14H13F2N3OS/c15-11-7-10(8-12(16)9-11)13(20)18-2-4-19(5-3-18)14-17-1-6-21-14/h1,6-9H,2-5H2. The largest absolute Gasteiger partial charge is 0.345 e. The minimum absolute atomic E-state index is 0.0511. The second kappa shape index (κ2) is 5.77. The molecule has 0 spiro atoms. The second-order valence-corrected chi connectivity index (χ2v) is 5.63. The molecule has 1 aliphatic rings. The van der Waals surface area contributed by atoms with Gasteiger partial charge in [0.25, 0.3) is 5.91 Å². The lowest BCUT2D eigenvalue weighted by Gasteiger charge is -2.34. The van der Waals surface area contributed by atoms with Crippen LogP contribution in [0.15, 0.2) is 29.8 Å². The minimum atomic E-state index is -0.736. The van der Waals surface area contributed by atoms with E-state index in [-0.39, 0.29) is 11.5 Å². The van der Waals surface area contributed by atoms with Gasteiger partial charge in [0, 0.05) is 49.4 Å². The van der Waals surface area contributed by atoms with Crippen molar-refractivity contribution in [2.75, 3.05) is 31.1 Å². The highest BCUT2D eigenvalue weighted by atomic mass is 32.1. The van der Waals surface area contributed by atoms with E-state index in [1.54, 1.807) is 22.4 Å². The van der Waals surface area contributed by atoms with E-state index < -0.39 is 11.6 Å². The van der Waals surface area contributed by atoms with Crippen LogP contribution in [0.5, 0.6) is 0 Å². The molecule has 0 aliphatic carbocycles. The Balaban J connectivity index is 1.67. The van der Waals surface area contributed by atoms with Gasteiger partial charge in [-0.2, -0.15) is 0 Å². The summed E-state index contributed by atoms with van der Waals surface area (Å²) >= 11 is 1.55. The molecule has 0 N–H and O–H groups in total. The second-order valence-electron chi connectivity index (χ2n) is 4.75. The summed E-state index contributed by atoms with van der Waals surface area (Å²) in [6, 6.07) is 2.90. The summed E-state index contributed by atoms with van der Waals surface area (Å²) in [4.78, 5) is 20.2. The van der Waals surface area contributed by atoms with Crippen LogP contribution >= 0.6 is 11.3 Å². The van der Waals surface area contributed by atoms with Crippen molar-refractivity contribution in [3.63, 3.8) is 0 Å². The molecule has 0 saturated carbocycles. The lowest BCUT2D eigenvalue weighted by Crippen LogP contribution is -2.48. The SMILES string of the molecule is O=C(c1cc(F)cc(F)c1)N1CCN(c2nccs2)CC1. The number of hydrogen-bond donors (Lipinski definition) is 0. The molecule has 110 valence electrons. The summed E-state index contributed by atoms with van der Waals surface area (Å²) in [6.07, 6.45) is 1.74.